The first-order chi connectivity index (χ1) is 14.2. The van der Waals surface area contributed by atoms with Crippen molar-refractivity contribution >= 4 is 6.09 Å². The number of carbonyl (C=O) groups is 1. The van der Waals surface area contributed by atoms with Gasteiger partial charge >= 0.3 is 6.09 Å². The quantitative estimate of drug-likeness (QED) is 0.707. The Hall–Kier alpha value is -1.66. The Morgan fingerprint density at radius 3 is 2.50 bits per heavy atom. The molecule has 2 aliphatic heterocycles. The van der Waals surface area contributed by atoms with E-state index in [1.165, 1.54) is 0 Å². The molecule has 1 aliphatic carbocycles. The first kappa shape index (κ1) is 23.0. The molecule has 1 saturated carbocycles. The number of hydrogen-bond acceptors (Lipinski definition) is 4. The highest BCUT2D eigenvalue weighted by atomic mass is 19.1. The molecule has 0 N–H and O–H groups in total. The van der Waals surface area contributed by atoms with Gasteiger partial charge in [0.15, 0.2) is 0 Å². The van der Waals surface area contributed by atoms with E-state index < -0.39 is 5.60 Å². The molecule has 2 heterocycles. The zero-order valence-electron chi connectivity index (χ0n) is 19.4. The van der Waals surface area contributed by atoms with Crippen LogP contribution in [-0.4, -0.2) is 54.3 Å². The second-order valence-electron chi connectivity index (χ2n) is 9.77. The Balaban J connectivity index is 0.00000124. The highest BCUT2D eigenvalue weighted by molar-refractivity contribution is 5.69. The normalized spacial score (nSPS) is 20.6. The van der Waals surface area contributed by atoms with Gasteiger partial charge in [0.25, 0.3) is 0 Å². The summed E-state index contributed by atoms with van der Waals surface area (Å²) in [7, 11) is 1.63. The number of likely N-dealkylation sites (tertiary alicyclic amines) is 1. The lowest BCUT2D eigenvalue weighted by atomic mass is 9.60. The fraction of sp³-hybridized carbons (Fsp3) is 0.708. The molecular weight excluding hydrogens is 383 g/mol. The van der Waals surface area contributed by atoms with E-state index in [0.29, 0.717) is 19.2 Å². The number of rotatable bonds is 3. The van der Waals surface area contributed by atoms with Crippen LogP contribution in [-0.2, 0) is 29.0 Å². The minimum Gasteiger partial charge on any atom is -0.444 e. The van der Waals surface area contributed by atoms with Crippen LogP contribution in [0.2, 0.25) is 0 Å². The summed E-state index contributed by atoms with van der Waals surface area (Å²) < 4.78 is 25.2. The van der Waals surface area contributed by atoms with Crippen LogP contribution in [0.15, 0.2) is 12.1 Å². The monoisotopic (exact) mass is 420 g/mol. The molecule has 0 aromatic heterocycles. The third kappa shape index (κ3) is 4.80. The molecule has 0 radical (unpaired) electrons. The van der Waals surface area contributed by atoms with Crippen LogP contribution in [0.4, 0.5) is 9.18 Å². The summed E-state index contributed by atoms with van der Waals surface area (Å²) in [5.74, 6) is -0.108. The van der Waals surface area contributed by atoms with Crippen LogP contribution in [0, 0.1) is 11.2 Å². The minimum absolute atomic E-state index is 0.108. The molecule has 30 heavy (non-hydrogen) atoms. The number of benzene rings is 1. The summed E-state index contributed by atoms with van der Waals surface area (Å²) in [5.41, 5.74) is 2.68. The van der Waals surface area contributed by atoms with Crippen molar-refractivity contribution in [2.75, 3.05) is 26.7 Å². The lowest BCUT2D eigenvalue weighted by molar-refractivity contribution is -0.110. The molecule has 1 spiro atoms. The number of amides is 1. The van der Waals surface area contributed by atoms with Crippen LogP contribution in [0.5, 0.6) is 0 Å². The van der Waals surface area contributed by atoms with Crippen LogP contribution in [0.3, 0.4) is 0 Å². The third-order valence-electron chi connectivity index (χ3n) is 6.25. The van der Waals surface area contributed by atoms with Crippen molar-refractivity contribution in [2.45, 2.75) is 78.7 Å². The largest absolute Gasteiger partial charge is 0.444 e. The van der Waals surface area contributed by atoms with Crippen molar-refractivity contribution in [1.82, 2.24) is 9.80 Å². The molecule has 6 heteroatoms. The van der Waals surface area contributed by atoms with E-state index in [9.17, 15) is 9.18 Å². The molecule has 168 valence electrons. The molecule has 3 aliphatic rings. The lowest BCUT2D eigenvalue weighted by Gasteiger charge is -2.61. The molecule has 1 saturated heterocycles. The molecule has 1 aromatic carbocycles. The average molecular weight is 421 g/mol. The first-order valence-corrected chi connectivity index (χ1v) is 11.2. The van der Waals surface area contributed by atoms with Crippen molar-refractivity contribution < 1.29 is 18.7 Å². The zero-order valence-corrected chi connectivity index (χ0v) is 19.4. The van der Waals surface area contributed by atoms with E-state index in [2.05, 4.69) is 11.0 Å². The van der Waals surface area contributed by atoms with Gasteiger partial charge < -0.3 is 14.4 Å². The Labute approximate surface area is 180 Å². The molecule has 0 atom stereocenters. The number of halogens is 1. The minimum atomic E-state index is -0.448. The van der Waals surface area contributed by atoms with E-state index in [-0.39, 0.29) is 17.3 Å². The first-order valence-electron chi connectivity index (χ1n) is 11.2. The smallest absolute Gasteiger partial charge is 0.410 e. The summed E-state index contributed by atoms with van der Waals surface area (Å²) in [6, 6.07) is 4.19. The van der Waals surface area contributed by atoms with Gasteiger partial charge in [-0.2, -0.15) is 0 Å². The van der Waals surface area contributed by atoms with Crippen LogP contribution >= 0.6 is 0 Å². The standard InChI is InChI=1S/C22H31FN2O3.C2H6/c1-21(2,3)28-20(26)25-13-22(14-25)9-17(10-22)24-6-5-16-7-15(12-27-4)8-19(23)18(16)11-24;1-2/h7-8,17H,5-6,9-14H2,1-4H3;1-2H3. The molecule has 2 fully saturated rings. The SMILES string of the molecule is CC.COCc1cc(F)c2c(c1)CCN(C1CC3(C1)CN(C(=O)OC(C)(C)C)C3)C2. The number of nitrogens with zero attached hydrogens (tertiary/aromatic N) is 2. The van der Waals surface area contributed by atoms with E-state index in [0.717, 1.165) is 55.6 Å². The Bertz CT molecular complexity index is 760. The van der Waals surface area contributed by atoms with Gasteiger partial charge in [-0.1, -0.05) is 19.9 Å². The molecule has 4 rings (SSSR count). The Kier molecular flexibility index (Phi) is 6.78. The predicted octanol–water partition coefficient (Wildman–Crippen LogP) is 4.76. The van der Waals surface area contributed by atoms with Gasteiger partial charge in [-0.3, -0.25) is 4.90 Å². The summed E-state index contributed by atoms with van der Waals surface area (Å²) in [5, 5.41) is 0. The molecule has 1 aromatic rings. The average Bonchev–Trinajstić information content (AvgIpc) is 2.60. The van der Waals surface area contributed by atoms with Crippen molar-refractivity contribution in [3.63, 3.8) is 0 Å². The Morgan fingerprint density at radius 2 is 1.90 bits per heavy atom. The summed E-state index contributed by atoms with van der Waals surface area (Å²) in [4.78, 5) is 16.4. The zero-order chi connectivity index (χ0) is 22.1. The van der Waals surface area contributed by atoms with Crippen LogP contribution in [0.1, 0.15) is 64.2 Å². The highest BCUT2D eigenvalue weighted by Crippen LogP contribution is 2.51. The summed E-state index contributed by atoms with van der Waals surface area (Å²) in [6.45, 7) is 13.4. The Morgan fingerprint density at radius 1 is 1.23 bits per heavy atom. The van der Waals surface area contributed by atoms with Crippen LogP contribution in [0.25, 0.3) is 0 Å². The van der Waals surface area contributed by atoms with Crippen molar-refractivity contribution in [3.05, 3.63) is 34.6 Å². The van der Waals surface area contributed by atoms with Gasteiger partial charge in [0.05, 0.1) is 6.61 Å². The summed E-state index contributed by atoms with van der Waals surface area (Å²) >= 11 is 0. The number of carbonyl (C=O) groups excluding carboxylic acids is 1. The van der Waals surface area contributed by atoms with Gasteiger partial charge in [-0.05, 0) is 57.2 Å². The van der Waals surface area contributed by atoms with Gasteiger partial charge in [-0.15, -0.1) is 0 Å². The highest BCUT2D eigenvalue weighted by Gasteiger charge is 2.55. The van der Waals surface area contributed by atoms with Crippen molar-refractivity contribution in [1.29, 1.82) is 0 Å². The second kappa shape index (κ2) is 8.83. The number of methoxy groups -OCH3 is 1. The van der Waals surface area contributed by atoms with Gasteiger partial charge in [0.1, 0.15) is 11.4 Å². The maximum absolute atomic E-state index is 14.6. The number of ether oxygens (including phenoxy) is 2. The van der Waals surface area contributed by atoms with E-state index >= 15 is 0 Å². The molecule has 0 unspecified atom stereocenters. The van der Waals surface area contributed by atoms with Crippen molar-refractivity contribution in [2.24, 2.45) is 5.41 Å². The lowest BCUT2D eigenvalue weighted by Crippen LogP contribution is -2.68. The number of fused-ring (bicyclic) bond motifs is 1. The second-order valence-corrected chi connectivity index (χ2v) is 9.77. The van der Waals surface area contributed by atoms with E-state index in [1.54, 1.807) is 13.2 Å². The van der Waals surface area contributed by atoms with E-state index in [1.807, 2.05) is 39.5 Å². The fourth-order valence-corrected chi connectivity index (χ4v) is 4.94. The number of hydrogen-bond donors (Lipinski definition) is 0. The topological polar surface area (TPSA) is 42.0 Å². The van der Waals surface area contributed by atoms with Crippen molar-refractivity contribution in [3.8, 4) is 0 Å². The molecule has 1 amide bonds. The van der Waals surface area contributed by atoms with Gasteiger partial charge in [0.2, 0.25) is 0 Å². The van der Waals surface area contributed by atoms with E-state index in [4.69, 9.17) is 9.47 Å². The fourth-order valence-electron chi connectivity index (χ4n) is 4.94. The van der Waals surface area contributed by atoms with Gasteiger partial charge in [0, 0.05) is 50.3 Å². The van der Waals surface area contributed by atoms with Gasteiger partial charge in [-0.25, -0.2) is 9.18 Å². The molecular formula is C24H37FN2O3. The predicted molar refractivity (Wildman–Crippen MR) is 116 cm³/mol. The summed E-state index contributed by atoms with van der Waals surface area (Å²) in [6.07, 6.45) is 2.86. The van der Waals surface area contributed by atoms with Crippen LogP contribution < -0.4 is 0 Å². The maximum Gasteiger partial charge on any atom is 0.410 e. The maximum atomic E-state index is 14.6. The molecule has 5 nitrogen and oxygen atoms in total. The third-order valence-corrected chi connectivity index (χ3v) is 6.25. The molecule has 0 bridgehead atoms.